The first-order chi connectivity index (χ1) is 14.7. The Morgan fingerprint density at radius 2 is 2.16 bits per heavy atom. The summed E-state index contributed by atoms with van der Waals surface area (Å²) in [5.74, 6) is 6.31. The maximum Gasteiger partial charge on any atom is 0.408 e. The topological polar surface area (TPSA) is 100 Å². The number of hydrogen-bond acceptors (Lipinski definition) is 6. The first-order valence-electron chi connectivity index (χ1n) is 10.3. The Morgan fingerprint density at radius 1 is 1.39 bits per heavy atom. The van der Waals surface area contributed by atoms with Crippen LogP contribution in [-0.4, -0.2) is 70.4 Å². The van der Waals surface area contributed by atoms with Crippen molar-refractivity contribution in [3.63, 3.8) is 0 Å². The summed E-state index contributed by atoms with van der Waals surface area (Å²) in [6.07, 6.45) is 3.05. The van der Waals surface area contributed by atoms with Crippen molar-refractivity contribution in [3.05, 3.63) is 0 Å². The predicted molar refractivity (Wildman–Crippen MR) is 126 cm³/mol. The van der Waals surface area contributed by atoms with Crippen LogP contribution < -0.4 is 10.6 Å². The van der Waals surface area contributed by atoms with Gasteiger partial charge in [-0.1, -0.05) is 24.1 Å². The zero-order chi connectivity index (χ0) is 22.9. The van der Waals surface area contributed by atoms with E-state index >= 15 is 0 Å². The van der Waals surface area contributed by atoms with Gasteiger partial charge in [0.15, 0.2) is 0 Å². The highest BCUT2D eigenvalue weighted by atomic mass is 32.2. The maximum atomic E-state index is 12.8. The van der Waals surface area contributed by atoms with E-state index in [1.807, 2.05) is 0 Å². The lowest BCUT2D eigenvalue weighted by atomic mass is 10.1. The van der Waals surface area contributed by atoms with Crippen molar-refractivity contribution >= 4 is 53.1 Å². The van der Waals surface area contributed by atoms with E-state index in [1.165, 1.54) is 6.21 Å². The molecule has 0 aromatic rings. The predicted octanol–water partition coefficient (Wildman–Crippen LogP) is 2.12. The molecule has 2 aliphatic rings. The third-order valence-electron chi connectivity index (χ3n) is 4.42. The van der Waals surface area contributed by atoms with Gasteiger partial charge in [0.1, 0.15) is 22.5 Å². The van der Waals surface area contributed by atoms with E-state index < -0.39 is 23.7 Å². The van der Waals surface area contributed by atoms with Crippen LogP contribution in [-0.2, 0) is 14.3 Å². The first kappa shape index (κ1) is 25.1. The SMILES string of the molecule is CC(C)(C)OC(=O)NC(CCCCNC(=O)C1C#CCC(=S)N=C1)C(=O)N1CCSC1. The zero-order valence-electron chi connectivity index (χ0n) is 18.2. The Labute approximate surface area is 193 Å². The van der Waals surface area contributed by atoms with Gasteiger partial charge >= 0.3 is 6.09 Å². The molecular weight excluding hydrogens is 436 g/mol. The highest BCUT2D eigenvalue weighted by Gasteiger charge is 2.29. The number of nitrogens with one attached hydrogen (secondary N) is 2. The number of alkyl carbamates (subject to hydrolysis) is 1. The number of nitrogens with zero attached hydrogens (tertiary/aromatic N) is 2. The fraction of sp³-hybridized carbons (Fsp3) is 0.667. The normalized spacial score (nSPS) is 19.1. The second-order valence-electron chi connectivity index (χ2n) is 8.27. The van der Waals surface area contributed by atoms with E-state index in [4.69, 9.17) is 17.0 Å². The largest absolute Gasteiger partial charge is 0.444 e. The lowest BCUT2D eigenvalue weighted by Gasteiger charge is -2.26. The molecule has 8 nitrogen and oxygen atoms in total. The monoisotopic (exact) mass is 466 g/mol. The number of thioether (sulfide) groups is 1. The summed E-state index contributed by atoms with van der Waals surface area (Å²) >= 11 is 6.69. The third kappa shape index (κ3) is 9.27. The van der Waals surface area contributed by atoms with Crippen molar-refractivity contribution in [1.29, 1.82) is 0 Å². The van der Waals surface area contributed by atoms with Crippen molar-refractivity contribution in [2.45, 2.75) is 58.1 Å². The molecule has 2 rings (SSSR count). The molecule has 2 N–H and O–H groups in total. The Kier molecular flexibility index (Phi) is 9.78. The van der Waals surface area contributed by atoms with Crippen molar-refractivity contribution in [3.8, 4) is 11.8 Å². The van der Waals surface area contributed by atoms with Gasteiger partial charge in [-0.3, -0.25) is 14.6 Å². The molecule has 0 bridgehead atoms. The number of carbonyl (C=O) groups is 3. The molecule has 170 valence electrons. The Morgan fingerprint density at radius 3 is 2.84 bits per heavy atom. The molecule has 0 aliphatic carbocycles. The minimum atomic E-state index is -0.648. The Balaban J connectivity index is 1.80. The molecule has 0 aromatic carbocycles. The van der Waals surface area contributed by atoms with Crippen molar-refractivity contribution in [1.82, 2.24) is 15.5 Å². The van der Waals surface area contributed by atoms with Gasteiger partial charge in [0, 0.05) is 25.1 Å². The lowest BCUT2D eigenvalue weighted by molar-refractivity contribution is -0.132. The van der Waals surface area contributed by atoms with E-state index in [2.05, 4.69) is 27.5 Å². The number of aliphatic imine (C=N–C) groups is 1. The van der Waals surface area contributed by atoms with Crippen molar-refractivity contribution in [2.75, 3.05) is 24.7 Å². The van der Waals surface area contributed by atoms with Crippen LogP contribution in [0.25, 0.3) is 0 Å². The lowest BCUT2D eigenvalue weighted by Crippen LogP contribution is -2.49. The average Bonchev–Trinajstić information content (AvgIpc) is 3.13. The first-order valence-corrected chi connectivity index (χ1v) is 11.9. The Bertz CT molecular complexity index is 776. The number of thiocarbonyl (C=S) groups is 1. The van der Waals surface area contributed by atoms with Crippen LogP contribution in [0.3, 0.4) is 0 Å². The van der Waals surface area contributed by atoms with Crippen LogP contribution in [0.1, 0.15) is 46.5 Å². The van der Waals surface area contributed by atoms with Gasteiger partial charge in [-0.05, 0) is 40.0 Å². The second-order valence-corrected chi connectivity index (χ2v) is 9.82. The summed E-state index contributed by atoms with van der Waals surface area (Å²) in [5.41, 5.74) is -0.639. The zero-order valence-corrected chi connectivity index (χ0v) is 19.9. The minimum absolute atomic E-state index is 0.0965. The standard InChI is InChI=1S/C21H30N4O4S2/c1-21(2,3)29-20(28)24-16(19(27)25-11-12-31-14-25)8-4-5-10-22-18(26)15-7-6-9-17(30)23-13-15/h13,15-16H,4-5,8-12,14H2,1-3H3,(H,22,26)(H,24,28). The number of carbonyl (C=O) groups excluding carboxylic acids is 3. The summed E-state index contributed by atoms with van der Waals surface area (Å²) in [6, 6.07) is -0.648. The fourth-order valence-electron chi connectivity index (χ4n) is 2.92. The number of amides is 3. The highest BCUT2D eigenvalue weighted by Crippen LogP contribution is 2.16. The van der Waals surface area contributed by atoms with E-state index in [1.54, 1.807) is 37.4 Å². The van der Waals surface area contributed by atoms with E-state index in [0.29, 0.717) is 49.6 Å². The molecule has 0 radical (unpaired) electrons. The van der Waals surface area contributed by atoms with Gasteiger partial charge < -0.3 is 20.3 Å². The van der Waals surface area contributed by atoms with Crippen LogP contribution in [0.2, 0.25) is 0 Å². The number of unbranched alkanes of at least 4 members (excludes halogenated alkanes) is 1. The molecule has 31 heavy (non-hydrogen) atoms. The molecule has 2 heterocycles. The van der Waals surface area contributed by atoms with Crippen LogP contribution in [0.15, 0.2) is 4.99 Å². The molecule has 2 atom stereocenters. The quantitative estimate of drug-likeness (QED) is 0.323. The molecule has 10 heteroatoms. The molecule has 0 spiro atoms. The van der Waals surface area contributed by atoms with Crippen LogP contribution in [0.4, 0.5) is 4.79 Å². The van der Waals surface area contributed by atoms with Gasteiger partial charge in [-0.25, -0.2) is 4.79 Å². The molecule has 0 aromatic heterocycles. The molecule has 2 unspecified atom stereocenters. The van der Waals surface area contributed by atoms with Gasteiger partial charge in [0.05, 0.1) is 12.3 Å². The Hall–Kier alpha value is -2.12. The van der Waals surface area contributed by atoms with Gasteiger partial charge in [-0.2, -0.15) is 0 Å². The van der Waals surface area contributed by atoms with Crippen LogP contribution in [0, 0.1) is 17.8 Å². The molecule has 3 amide bonds. The van der Waals surface area contributed by atoms with Gasteiger partial charge in [0.2, 0.25) is 11.8 Å². The average molecular weight is 467 g/mol. The molecular formula is C21H30N4O4S2. The highest BCUT2D eigenvalue weighted by molar-refractivity contribution is 7.99. The third-order valence-corrected chi connectivity index (χ3v) is 5.63. The molecule has 2 aliphatic heterocycles. The smallest absolute Gasteiger partial charge is 0.408 e. The summed E-state index contributed by atoms with van der Waals surface area (Å²) in [7, 11) is 0. The van der Waals surface area contributed by atoms with Gasteiger partial charge in [-0.15, -0.1) is 11.8 Å². The van der Waals surface area contributed by atoms with E-state index in [-0.39, 0.29) is 11.8 Å². The summed E-state index contributed by atoms with van der Waals surface area (Å²) in [5, 5.41) is 5.55. The van der Waals surface area contributed by atoms with Crippen LogP contribution >= 0.6 is 24.0 Å². The molecule has 1 saturated heterocycles. The minimum Gasteiger partial charge on any atom is -0.444 e. The van der Waals surface area contributed by atoms with Gasteiger partial charge in [0.25, 0.3) is 0 Å². The number of rotatable bonds is 8. The maximum absolute atomic E-state index is 12.8. The number of ether oxygens (including phenoxy) is 1. The van der Waals surface area contributed by atoms with Crippen molar-refractivity contribution < 1.29 is 19.1 Å². The fourth-order valence-corrected chi connectivity index (χ4v) is 4.01. The summed E-state index contributed by atoms with van der Waals surface area (Å²) in [4.78, 5) is 43.5. The molecule has 0 saturated carbocycles. The number of hydrogen-bond donors (Lipinski definition) is 2. The van der Waals surface area contributed by atoms with E-state index in [0.717, 1.165) is 5.75 Å². The molecule has 1 fully saturated rings. The van der Waals surface area contributed by atoms with E-state index in [9.17, 15) is 14.4 Å². The van der Waals surface area contributed by atoms with Crippen LogP contribution in [0.5, 0.6) is 0 Å². The van der Waals surface area contributed by atoms with Crippen molar-refractivity contribution in [2.24, 2.45) is 10.9 Å². The summed E-state index contributed by atoms with van der Waals surface area (Å²) in [6.45, 7) is 6.46. The summed E-state index contributed by atoms with van der Waals surface area (Å²) < 4.78 is 5.31. The second kappa shape index (κ2) is 12.1.